The number of likely N-dealkylation sites (N-methyl/N-ethyl adjacent to an activating group) is 2. The molecule has 9 heteroatoms. The monoisotopic (exact) mass is 439 g/mol. The van der Waals surface area contributed by atoms with Gasteiger partial charge in [-0.25, -0.2) is 0 Å². The lowest BCUT2D eigenvalue weighted by atomic mass is 10.1. The molecule has 0 atom stereocenters. The second kappa shape index (κ2) is 9.40. The van der Waals surface area contributed by atoms with Crippen LogP contribution in [0.1, 0.15) is 5.56 Å². The van der Waals surface area contributed by atoms with Crippen molar-refractivity contribution in [2.24, 2.45) is 0 Å². The van der Waals surface area contributed by atoms with E-state index in [0.29, 0.717) is 17.0 Å². The van der Waals surface area contributed by atoms with Crippen LogP contribution in [0, 0.1) is 0 Å². The number of anilines is 1. The first-order chi connectivity index (χ1) is 14.8. The molecule has 0 aromatic heterocycles. The van der Waals surface area contributed by atoms with Gasteiger partial charge in [0, 0.05) is 25.3 Å². The van der Waals surface area contributed by atoms with Crippen molar-refractivity contribution in [2.75, 3.05) is 33.1 Å². The molecule has 1 fully saturated rings. The number of nitrogens with one attached hydrogen (secondary N) is 1. The molecule has 0 aliphatic carbocycles. The second-order valence-electron chi connectivity index (χ2n) is 6.65. The SMILES string of the molecule is COc1cccc(C=C2C(=O)N(C)C(=S)N(C)C2=O)c1OCC(=O)Nc1ccccc1. The number of benzene rings is 2. The van der Waals surface area contributed by atoms with Crippen molar-refractivity contribution >= 4 is 46.8 Å². The molecule has 1 N–H and O–H groups in total. The molecule has 2 aromatic carbocycles. The molecule has 1 saturated heterocycles. The first-order valence-corrected chi connectivity index (χ1v) is 9.70. The summed E-state index contributed by atoms with van der Waals surface area (Å²) in [5.74, 6) is -0.827. The van der Waals surface area contributed by atoms with Crippen LogP contribution in [0.4, 0.5) is 5.69 Å². The van der Waals surface area contributed by atoms with E-state index in [1.54, 1.807) is 42.5 Å². The summed E-state index contributed by atoms with van der Waals surface area (Å²) in [5.41, 5.74) is 0.975. The molecule has 1 aliphatic rings. The molecule has 2 aromatic rings. The fraction of sp³-hybridized carbons (Fsp3) is 0.182. The molecule has 160 valence electrons. The number of hydrogen-bond donors (Lipinski definition) is 1. The van der Waals surface area contributed by atoms with E-state index >= 15 is 0 Å². The minimum absolute atomic E-state index is 0.0783. The first kappa shape index (κ1) is 22.0. The Morgan fingerprint density at radius 3 is 2.29 bits per heavy atom. The molecule has 1 heterocycles. The molecule has 3 amide bonds. The fourth-order valence-corrected chi connectivity index (χ4v) is 3.11. The van der Waals surface area contributed by atoms with Crippen molar-refractivity contribution in [3.05, 3.63) is 59.7 Å². The number of nitrogens with zero attached hydrogens (tertiary/aromatic N) is 2. The summed E-state index contributed by atoms with van der Waals surface area (Å²) in [5, 5.41) is 2.84. The molecule has 31 heavy (non-hydrogen) atoms. The van der Waals surface area contributed by atoms with Gasteiger partial charge in [0.15, 0.2) is 23.2 Å². The molecule has 8 nitrogen and oxygen atoms in total. The average Bonchev–Trinajstić information content (AvgIpc) is 2.78. The number of thiocarbonyl (C=S) groups is 1. The largest absolute Gasteiger partial charge is 0.493 e. The Labute approximate surface area is 185 Å². The van der Waals surface area contributed by atoms with Crippen molar-refractivity contribution in [1.82, 2.24) is 9.80 Å². The highest BCUT2D eigenvalue weighted by molar-refractivity contribution is 7.80. The summed E-state index contributed by atoms with van der Waals surface area (Å²) in [6, 6.07) is 14.0. The topological polar surface area (TPSA) is 88.2 Å². The number of ether oxygens (including phenoxy) is 2. The van der Waals surface area contributed by atoms with E-state index in [4.69, 9.17) is 21.7 Å². The number of methoxy groups -OCH3 is 1. The van der Waals surface area contributed by atoms with Gasteiger partial charge in [-0.15, -0.1) is 0 Å². The Hall–Kier alpha value is -3.72. The van der Waals surface area contributed by atoms with E-state index in [1.165, 1.54) is 37.1 Å². The van der Waals surface area contributed by atoms with Gasteiger partial charge in [-0.2, -0.15) is 0 Å². The van der Waals surface area contributed by atoms with Crippen LogP contribution in [0.25, 0.3) is 6.08 Å². The van der Waals surface area contributed by atoms with Crippen molar-refractivity contribution in [3.8, 4) is 11.5 Å². The summed E-state index contributed by atoms with van der Waals surface area (Å²) < 4.78 is 11.1. The van der Waals surface area contributed by atoms with Crippen LogP contribution in [0.3, 0.4) is 0 Å². The van der Waals surface area contributed by atoms with E-state index in [2.05, 4.69) is 5.32 Å². The number of carbonyl (C=O) groups is 3. The molecule has 0 saturated carbocycles. The van der Waals surface area contributed by atoms with E-state index in [-0.39, 0.29) is 28.9 Å². The maximum atomic E-state index is 12.6. The molecule has 0 unspecified atom stereocenters. The van der Waals surface area contributed by atoms with Crippen molar-refractivity contribution in [1.29, 1.82) is 0 Å². The predicted octanol–water partition coefficient (Wildman–Crippen LogP) is 2.31. The van der Waals surface area contributed by atoms with Gasteiger partial charge in [0.25, 0.3) is 17.7 Å². The molecule has 0 bridgehead atoms. The number of hydrogen-bond acceptors (Lipinski definition) is 6. The van der Waals surface area contributed by atoms with Gasteiger partial charge in [0.2, 0.25) is 0 Å². The molecule has 1 aliphatic heterocycles. The third-order valence-corrected chi connectivity index (χ3v) is 5.13. The lowest BCUT2D eigenvalue weighted by Gasteiger charge is -2.31. The molecular weight excluding hydrogens is 418 g/mol. The first-order valence-electron chi connectivity index (χ1n) is 9.30. The van der Waals surface area contributed by atoms with Gasteiger partial charge >= 0.3 is 0 Å². The van der Waals surface area contributed by atoms with Crippen LogP contribution in [0.5, 0.6) is 11.5 Å². The average molecular weight is 439 g/mol. The quantitative estimate of drug-likeness (QED) is 0.422. The summed E-state index contributed by atoms with van der Waals surface area (Å²) in [6.45, 7) is -0.294. The lowest BCUT2D eigenvalue weighted by molar-refractivity contribution is -0.132. The molecular formula is C22H21N3O5S. The number of rotatable bonds is 6. The van der Waals surface area contributed by atoms with Gasteiger partial charge in [-0.05, 0) is 36.5 Å². The van der Waals surface area contributed by atoms with Crippen LogP contribution in [0.15, 0.2) is 54.1 Å². The smallest absolute Gasteiger partial charge is 0.265 e. The van der Waals surface area contributed by atoms with Gasteiger partial charge in [-0.1, -0.05) is 30.3 Å². The maximum absolute atomic E-state index is 12.6. The van der Waals surface area contributed by atoms with Crippen molar-refractivity contribution in [3.63, 3.8) is 0 Å². The van der Waals surface area contributed by atoms with E-state index < -0.39 is 11.8 Å². The lowest BCUT2D eigenvalue weighted by Crippen LogP contribution is -2.52. The second-order valence-corrected chi connectivity index (χ2v) is 7.02. The van der Waals surface area contributed by atoms with E-state index in [9.17, 15) is 14.4 Å². The van der Waals surface area contributed by atoms with Gasteiger partial charge in [0.05, 0.1) is 7.11 Å². The Bertz CT molecular complexity index is 1040. The fourth-order valence-electron chi connectivity index (χ4n) is 2.95. The van der Waals surface area contributed by atoms with Gasteiger partial charge in [0.1, 0.15) is 5.57 Å². The Morgan fingerprint density at radius 2 is 1.68 bits per heavy atom. The van der Waals surface area contributed by atoms with Gasteiger partial charge < -0.3 is 14.8 Å². The standard InChI is InChI=1S/C22H21N3O5S/c1-24-20(27)16(21(28)25(2)22(24)31)12-14-8-7-11-17(29-3)19(14)30-13-18(26)23-15-9-5-4-6-10-15/h4-12H,13H2,1-3H3,(H,23,26). The highest BCUT2D eigenvalue weighted by Gasteiger charge is 2.35. The van der Waals surface area contributed by atoms with Gasteiger partial charge in [-0.3, -0.25) is 24.2 Å². The zero-order valence-electron chi connectivity index (χ0n) is 17.2. The zero-order chi connectivity index (χ0) is 22.5. The molecule has 3 rings (SSSR count). The van der Waals surface area contributed by atoms with Crippen LogP contribution >= 0.6 is 12.2 Å². The Kier molecular flexibility index (Phi) is 6.66. The van der Waals surface area contributed by atoms with E-state index in [0.717, 1.165) is 0 Å². The van der Waals surface area contributed by atoms with Crippen molar-refractivity contribution in [2.45, 2.75) is 0 Å². The number of para-hydroxylation sites is 2. The van der Waals surface area contributed by atoms with E-state index in [1.807, 2.05) is 6.07 Å². The summed E-state index contributed by atoms with van der Waals surface area (Å²) >= 11 is 5.11. The summed E-state index contributed by atoms with van der Waals surface area (Å²) in [7, 11) is 4.46. The molecule has 0 spiro atoms. The summed E-state index contributed by atoms with van der Waals surface area (Å²) in [4.78, 5) is 40.0. The predicted molar refractivity (Wildman–Crippen MR) is 120 cm³/mol. The van der Waals surface area contributed by atoms with Crippen LogP contribution < -0.4 is 14.8 Å². The third-order valence-electron chi connectivity index (χ3n) is 4.58. The summed E-state index contributed by atoms with van der Waals surface area (Å²) in [6.07, 6.45) is 1.41. The number of carbonyl (C=O) groups excluding carboxylic acids is 3. The Morgan fingerprint density at radius 1 is 1.03 bits per heavy atom. The highest BCUT2D eigenvalue weighted by Crippen LogP contribution is 2.33. The maximum Gasteiger partial charge on any atom is 0.265 e. The van der Waals surface area contributed by atoms with Crippen LogP contribution in [-0.2, 0) is 14.4 Å². The normalized spacial score (nSPS) is 13.9. The van der Waals surface area contributed by atoms with Crippen LogP contribution in [-0.4, -0.2) is 60.4 Å². The zero-order valence-corrected chi connectivity index (χ0v) is 18.1. The Balaban J connectivity index is 1.87. The number of amides is 3. The molecule has 0 radical (unpaired) electrons. The minimum atomic E-state index is -0.524. The van der Waals surface area contributed by atoms with Crippen molar-refractivity contribution < 1.29 is 23.9 Å². The van der Waals surface area contributed by atoms with Crippen LogP contribution in [0.2, 0.25) is 0 Å². The third kappa shape index (κ3) is 4.72. The minimum Gasteiger partial charge on any atom is -0.493 e. The highest BCUT2D eigenvalue weighted by atomic mass is 32.1.